The number of amides is 1. The Labute approximate surface area is 132 Å². The Morgan fingerprint density at radius 1 is 1.26 bits per heavy atom. The standard InChI is InChI=1S/C16H18F3NO3/c17-16(18,19)23-13-4-2-1-3-12(13)9-20-10-15(6-5-14(20)21)7-8-22-11-15/h1-4H,5-11H2. The zero-order valence-corrected chi connectivity index (χ0v) is 12.6. The van der Waals surface area contributed by atoms with E-state index in [2.05, 4.69) is 4.74 Å². The molecule has 23 heavy (non-hydrogen) atoms. The fraction of sp³-hybridized carbons (Fsp3) is 0.562. The van der Waals surface area contributed by atoms with Gasteiger partial charge in [-0.05, 0) is 18.9 Å². The average Bonchev–Trinajstić information content (AvgIpc) is 2.92. The molecule has 1 unspecified atom stereocenters. The summed E-state index contributed by atoms with van der Waals surface area (Å²) in [4.78, 5) is 13.8. The molecule has 3 rings (SSSR count). The quantitative estimate of drug-likeness (QED) is 0.855. The van der Waals surface area contributed by atoms with Gasteiger partial charge in [-0.1, -0.05) is 18.2 Å². The summed E-state index contributed by atoms with van der Waals surface area (Å²) in [6.45, 7) is 1.92. The zero-order valence-electron chi connectivity index (χ0n) is 12.6. The Bertz CT molecular complexity index is 582. The van der Waals surface area contributed by atoms with Crippen molar-refractivity contribution in [3.8, 4) is 5.75 Å². The third kappa shape index (κ3) is 3.77. The molecule has 2 saturated heterocycles. The van der Waals surface area contributed by atoms with Crippen molar-refractivity contribution in [1.82, 2.24) is 4.90 Å². The molecule has 0 aliphatic carbocycles. The highest BCUT2D eigenvalue weighted by Gasteiger charge is 2.42. The van der Waals surface area contributed by atoms with Crippen LogP contribution >= 0.6 is 0 Å². The van der Waals surface area contributed by atoms with Crippen molar-refractivity contribution >= 4 is 5.91 Å². The molecular formula is C16H18F3NO3. The predicted molar refractivity (Wildman–Crippen MR) is 75.6 cm³/mol. The smallest absolute Gasteiger partial charge is 0.405 e. The maximum absolute atomic E-state index is 12.5. The molecule has 0 radical (unpaired) electrons. The van der Waals surface area contributed by atoms with Gasteiger partial charge in [0.15, 0.2) is 0 Å². The van der Waals surface area contributed by atoms with Crippen LogP contribution < -0.4 is 4.74 Å². The summed E-state index contributed by atoms with van der Waals surface area (Å²) in [5.41, 5.74) is 0.308. The lowest BCUT2D eigenvalue weighted by Gasteiger charge is -2.39. The minimum atomic E-state index is -4.75. The van der Waals surface area contributed by atoms with E-state index in [1.54, 1.807) is 17.0 Å². The van der Waals surface area contributed by atoms with E-state index in [0.717, 1.165) is 12.8 Å². The fourth-order valence-corrected chi connectivity index (χ4v) is 3.28. The number of carbonyl (C=O) groups excluding carboxylic acids is 1. The predicted octanol–water partition coefficient (Wildman–Crippen LogP) is 3.11. The number of likely N-dealkylation sites (tertiary alicyclic amines) is 1. The van der Waals surface area contributed by atoms with Crippen molar-refractivity contribution in [2.24, 2.45) is 5.41 Å². The van der Waals surface area contributed by atoms with Gasteiger partial charge in [-0.25, -0.2) is 0 Å². The van der Waals surface area contributed by atoms with Crippen LogP contribution in [-0.2, 0) is 16.1 Å². The summed E-state index contributed by atoms with van der Waals surface area (Å²) in [5, 5.41) is 0. The summed E-state index contributed by atoms with van der Waals surface area (Å²) in [6, 6.07) is 5.95. The van der Waals surface area contributed by atoms with E-state index in [9.17, 15) is 18.0 Å². The van der Waals surface area contributed by atoms with Crippen LogP contribution in [0.3, 0.4) is 0 Å². The first-order chi connectivity index (χ1) is 10.9. The molecule has 1 aromatic rings. The SMILES string of the molecule is O=C1CCC2(CCOC2)CN1Cc1ccccc1OC(F)(F)F. The van der Waals surface area contributed by atoms with E-state index in [-0.39, 0.29) is 23.6 Å². The Morgan fingerprint density at radius 2 is 2.04 bits per heavy atom. The average molecular weight is 329 g/mol. The minimum absolute atomic E-state index is 0.0377. The minimum Gasteiger partial charge on any atom is -0.405 e. The van der Waals surface area contributed by atoms with Gasteiger partial charge in [0.25, 0.3) is 0 Å². The van der Waals surface area contributed by atoms with E-state index < -0.39 is 6.36 Å². The molecule has 1 aromatic carbocycles. The highest BCUT2D eigenvalue weighted by atomic mass is 19.4. The molecular weight excluding hydrogens is 311 g/mol. The van der Waals surface area contributed by atoms with Gasteiger partial charge in [-0.15, -0.1) is 13.2 Å². The summed E-state index contributed by atoms with van der Waals surface area (Å²) in [5.74, 6) is -0.292. The number of nitrogens with zero attached hydrogens (tertiary/aromatic N) is 1. The first kappa shape index (κ1) is 16.1. The molecule has 0 N–H and O–H groups in total. The third-order valence-electron chi connectivity index (χ3n) is 4.49. The van der Waals surface area contributed by atoms with Gasteiger partial charge in [0.05, 0.1) is 6.61 Å². The van der Waals surface area contributed by atoms with Crippen LogP contribution in [-0.4, -0.2) is 36.9 Å². The number of hydrogen-bond acceptors (Lipinski definition) is 3. The van der Waals surface area contributed by atoms with Gasteiger partial charge in [0.1, 0.15) is 5.75 Å². The molecule has 2 aliphatic heterocycles. The Balaban J connectivity index is 1.76. The van der Waals surface area contributed by atoms with Gasteiger partial charge in [-0.2, -0.15) is 0 Å². The lowest BCUT2D eigenvalue weighted by Crippen LogP contribution is -2.46. The third-order valence-corrected chi connectivity index (χ3v) is 4.49. The largest absolute Gasteiger partial charge is 0.573 e. The van der Waals surface area contributed by atoms with E-state index in [1.165, 1.54) is 12.1 Å². The zero-order chi connectivity index (χ0) is 16.5. The lowest BCUT2D eigenvalue weighted by atomic mass is 9.79. The summed E-state index contributed by atoms with van der Waals surface area (Å²) >= 11 is 0. The van der Waals surface area contributed by atoms with Gasteiger partial charge in [0, 0.05) is 37.1 Å². The van der Waals surface area contributed by atoms with Crippen LogP contribution in [0.25, 0.3) is 0 Å². The van der Waals surface area contributed by atoms with Gasteiger partial charge >= 0.3 is 6.36 Å². The Hall–Kier alpha value is -1.76. The Kier molecular flexibility index (Phi) is 4.23. The summed E-state index contributed by atoms with van der Waals surface area (Å²) < 4.78 is 47.0. The number of carbonyl (C=O) groups is 1. The number of para-hydroxylation sites is 1. The number of halogens is 3. The molecule has 1 amide bonds. The molecule has 0 aromatic heterocycles. The monoisotopic (exact) mass is 329 g/mol. The van der Waals surface area contributed by atoms with Gasteiger partial charge in [-0.3, -0.25) is 4.79 Å². The van der Waals surface area contributed by atoms with Gasteiger partial charge < -0.3 is 14.4 Å². The fourth-order valence-electron chi connectivity index (χ4n) is 3.28. The second-order valence-electron chi connectivity index (χ2n) is 6.21. The van der Waals surface area contributed by atoms with Crippen molar-refractivity contribution in [3.63, 3.8) is 0 Å². The number of benzene rings is 1. The second-order valence-corrected chi connectivity index (χ2v) is 6.21. The van der Waals surface area contributed by atoms with Crippen molar-refractivity contribution < 1.29 is 27.4 Å². The van der Waals surface area contributed by atoms with Crippen LogP contribution in [0, 0.1) is 5.41 Å². The summed E-state index contributed by atoms with van der Waals surface area (Å²) in [7, 11) is 0. The van der Waals surface area contributed by atoms with Crippen molar-refractivity contribution in [2.45, 2.75) is 32.2 Å². The van der Waals surface area contributed by atoms with Crippen LogP contribution in [0.15, 0.2) is 24.3 Å². The molecule has 2 fully saturated rings. The highest BCUT2D eigenvalue weighted by molar-refractivity contribution is 5.77. The molecule has 7 heteroatoms. The lowest BCUT2D eigenvalue weighted by molar-refractivity contribution is -0.275. The van der Waals surface area contributed by atoms with Crippen molar-refractivity contribution in [1.29, 1.82) is 0 Å². The number of piperidine rings is 1. The molecule has 126 valence electrons. The van der Waals surface area contributed by atoms with Crippen molar-refractivity contribution in [3.05, 3.63) is 29.8 Å². The summed E-state index contributed by atoms with van der Waals surface area (Å²) in [6.07, 6.45) is -2.67. The first-order valence-electron chi connectivity index (χ1n) is 7.56. The number of hydrogen-bond donors (Lipinski definition) is 0. The van der Waals surface area contributed by atoms with Crippen LogP contribution in [0.5, 0.6) is 5.75 Å². The van der Waals surface area contributed by atoms with Crippen LogP contribution in [0.2, 0.25) is 0 Å². The molecule has 0 bridgehead atoms. The number of alkyl halides is 3. The molecule has 1 atom stereocenters. The van der Waals surface area contributed by atoms with E-state index >= 15 is 0 Å². The highest BCUT2D eigenvalue weighted by Crippen LogP contribution is 2.39. The topological polar surface area (TPSA) is 38.8 Å². The Morgan fingerprint density at radius 3 is 2.74 bits per heavy atom. The van der Waals surface area contributed by atoms with Gasteiger partial charge in [0.2, 0.25) is 5.91 Å². The molecule has 4 nitrogen and oxygen atoms in total. The maximum atomic E-state index is 12.5. The van der Waals surface area contributed by atoms with E-state index in [1.807, 2.05) is 0 Å². The molecule has 1 spiro atoms. The first-order valence-corrected chi connectivity index (χ1v) is 7.56. The molecule has 0 saturated carbocycles. The van der Waals surface area contributed by atoms with Crippen molar-refractivity contribution in [2.75, 3.05) is 19.8 Å². The van der Waals surface area contributed by atoms with Crippen LogP contribution in [0.1, 0.15) is 24.8 Å². The normalized spacial score (nSPS) is 25.2. The number of rotatable bonds is 3. The molecule has 2 aliphatic rings. The van der Waals surface area contributed by atoms with Crippen LogP contribution in [0.4, 0.5) is 13.2 Å². The maximum Gasteiger partial charge on any atom is 0.573 e. The van der Waals surface area contributed by atoms with E-state index in [0.29, 0.717) is 31.7 Å². The number of ether oxygens (including phenoxy) is 2. The second kappa shape index (κ2) is 6.03. The van der Waals surface area contributed by atoms with E-state index in [4.69, 9.17) is 4.74 Å². The molecule has 2 heterocycles.